The molecule has 1 N–H and O–H groups in total. The van der Waals surface area contributed by atoms with Crippen LogP contribution in [0.25, 0.3) is 0 Å². The monoisotopic (exact) mass is 228 g/mol. The van der Waals surface area contributed by atoms with Crippen LogP contribution in [0, 0.1) is 17.8 Å². The van der Waals surface area contributed by atoms with Crippen molar-refractivity contribution >= 4 is 0 Å². The van der Waals surface area contributed by atoms with Crippen LogP contribution in [-0.4, -0.2) is 30.2 Å². The minimum atomic E-state index is -0.404. The van der Waals surface area contributed by atoms with Crippen LogP contribution in [0.2, 0.25) is 0 Å². The molecular formula is C13H24O3. The second-order valence-corrected chi connectivity index (χ2v) is 5.78. The van der Waals surface area contributed by atoms with Gasteiger partial charge in [0.25, 0.3) is 0 Å². The zero-order chi connectivity index (χ0) is 11.8. The molecule has 1 aliphatic heterocycles. The quantitative estimate of drug-likeness (QED) is 0.787. The van der Waals surface area contributed by atoms with Crippen molar-refractivity contribution in [3.05, 3.63) is 0 Å². The third-order valence-corrected chi connectivity index (χ3v) is 4.06. The van der Waals surface area contributed by atoms with Crippen LogP contribution < -0.4 is 0 Å². The van der Waals surface area contributed by atoms with Gasteiger partial charge in [0.1, 0.15) is 6.10 Å². The molecule has 16 heavy (non-hydrogen) atoms. The molecule has 0 amide bonds. The summed E-state index contributed by atoms with van der Waals surface area (Å²) >= 11 is 0. The first kappa shape index (κ1) is 12.3. The summed E-state index contributed by atoms with van der Waals surface area (Å²) in [5.74, 6) is 1.30. The van der Waals surface area contributed by atoms with Crippen LogP contribution in [0.4, 0.5) is 0 Å². The van der Waals surface area contributed by atoms with Crippen LogP contribution in [0.15, 0.2) is 0 Å². The van der Waals surface area contributed by atoms with E-state index in [4.69, 9.17) is 14.6 Å². The van der Waals surface area contributed by atoms with Crippen LogP contribution in [-0.2, 0) is 9.47 Å². The number of hydrogen-bond donors (Lipinski definition) is 1. The number of hydrogen-bond acceptors (Lipinski definition) is 3. The van der Waals surface area contributed by atoms with Gasteiger partial charge in [-0.3, -0.25) is 0 Å². The molecule has 3 heteroatoms. The summed E-state index contributed by atoms with van der Waals surface area (Å²) in [6.45, 7) is 7.35. The van der Waals surface area contributed by atoms with Crippen molar-refractivity contribution in [2.75, 3.05) is 13.2 Å². The molecule has 0 aromatic carbocycles. The largest absolute Gasteiger partial charge is 0.394 e. The maximum Gasteiger partial charge on any atom is 0.172 e. The average molecular weight is 228 g/mol. The number of aliphatic hydroxyl groups excluding tert-OH is 1. The van der Waals surface area contributed by atoms with Crippen molar-refractivity contribution in [1.29, 1.82) is 0 Å². The van der Waals surface area contributed by atoms with Gasteiger partial charge < -0.3 is 14.6 Å². The Balaban J connectivity index is 2.13. The van der Waals surface area contributed by atoms with Gasteiger partial charge in [0.2, 0.25) is 0 Å². The van der Waals surface area contributed by atoms with Crippen LogP contribution in [0.3, 0.4) is 0 Å². The highest BCUT2D eigenvalue weighted by molar-refractivity contribution is 4.92. The molecule has 0 aromatic rings. The topological polar surface area (TPSA) is 38.7 Å². The van der Waals surface area contributed by atoms with Gasteiger partial charge in [0.05, 0.1) is 13.2 Å². The molecule has 94 valence electrons. The lowest BCUT2D eigenvalue weighted by Gasteiger charge is -2.44. The minimum absolute atomic E-state index is 0.0704. The normalized spacial score (nSPS) is 44.4. The van der Waals surface area contributed by atoms with Crippen molar-refractivity contribution in [1.82, 2.24) is 0 Å². The van der Waals surface area contributed by atoms with Crippen LogP contribution in [0.1, 0.15) is 40.0 Å². The molecule has 0 aromatic heterocycles. The molecule has 2 aliphatic rings. The Morgan fingerprint density at radius 3 is 2.69 bits per heavy atom. The molecule has 0 radical (unpaired) electrons. The molecule has 1 heterocycles. The van der Waals surface area contributed by atoms with E-state index in [1.165, 1.54) is 12.8 Å². The van der Waals surface area contributed by atoms with Gasteiger partial charge in [-0.15, -0.1) is 0 Å². The lowest BCUT2D eigenvalue weighted by atomic mass is 9.73. The van der Waals surface area contributed by atoms with Crippen LogP contribution >= 0.6 is 0 Å². The summed E-state index contributed by atoms with van der Waals surface area (Å²) in [7, 11) is 0. The van der Waals surface area contributed by atoms with Gasteiger partial charge in [-0.1, -0.05) is 27.2 Å². The first-order valence-corrected chi connectivity index (χ1v) is 6.50. The maximum atomic E-state index is 9.17. The van der Waals surface area contributed by atoms with E-state index in [-0.39, 0.29) is 12.7 Å². The molecule has 1 aliphatic carbocycles. The Hall–Kier alpha value is -0.120. The van der Waals surface area contributed by atoms with E-state index in [1.54, 1.807) is 0 Å². The van der Waals surface area contributed by atoms with E-state index in [0.717, 1.165) is 6.42 Å². The lowest BCUT2D eigenvalue weighted by Crippen LogP contribution is -2.47. The highest BCUT2D eigenvalue weighted by Crippen LogP contribution is 2.47. The molecule has 0 bridgehead atoms. The van der Waals surface area contributed by atoms with Gasteiger partial charge in [0.15, 0.2) is 5.79 Å². The van der Waals surface area contributed by atoms with Crippen molar-refractivity contribution in [2.24, 2.45) is 17.8 Å². The van der Waals surface area contributed by atoms with E-state index in [0.29, 0.717) is 24.4 Å². The van der Waals surface area contributed by atoms with E-state index in [2.05, 4.69) is 20.8 Å². The molecule has 0 unspecified atom stereocenters. The SMILES string of the molecule is CC(C)[C@@H]1CC[C@@H](C)C[C@@]12OC[C@H](CO)O2. The van der Waals surface area contributed by atoms with E-state index < -0.39 is 5.79 Å². The predicted octanol–water partition coefficient (Wildman–Crippen LogP) is 2.18. The average Bonchev–Trinajstić information content (AvgIpc) is 2.61. The molecular weight excluding hydrogens is 204 g/mol. The summed E-state index contributed by atoms with van der Waals surface area (Å²) in [5, 5.41) is 9.17. The Kier molecular flexibility index (Phi) is 3.57. The molecule has 2 rings (SSSR count). The Labute approximate surface area is 98.1 Å². The lowest BCUT2D eigenvalue weighted by molar-refractivity contribution is -0.240. The number of ether oxygens (including phenoxy) is 2. The third-order valence-electron chi connectivity index (χ3n) is 4.06. The van der Waals surface area contributed by atoms with Crippen molar-refractivity contribution < 1.29 is 14.6 Å². The smallest absolute Gasteiger partial charge is 0.172 e. The van der Waals surface area contributed by atoms with E-state index in [1.807, 2.05) is 0 Å². The molecule has 3 nitrogen and oxygen atoms in total. The van der Waals surface area contributed by atoms with Crippen LogP contribution in [0.5, 0.6) is 0 Å². The van der Waals surface area contributed by atoms with Gasteiger partial charge in [-0.25, -0.2) is 0 Å². The Bertz CT molecular complexity index is 241. The van der Waals surface area contributed by atoms with Crippen molar-refractivity contribution in [2.45, 2.75) is 51.9 Å². The minimum Gasteiger partial charge on any atom is -0.394 e. The summed E-state index contributed by atoms with van der Waals surface area (Å²) in [6.07, 6.45) is 3.30. The van der Waals surface area contributed by atoms with Gasteiger partial charge in [-0.05, 0) is 18.3 Å². The maximum absolute atomic E-state index is 9.17. The highest BCUT2D eigenvalue weighted by Gasteiger charge is 2.51. The fraction of sp³-hybridized carbons (Fsp3) is 1.00. The van der Waals surface area contributed by atoms with Crippen molar-refractivity contribution in [3.8, 4) is 0 Å². The van der Waals surface area contributed by atoms with Gasteiger partial charge >= 0.3 is 0 Å². The molecule has 1 saturated heterocycles. The molecule has 2 fully saturated rings. The summed E-state index contributed by atoms with van der Waals surface area (Å²) in [4.78, 5) is 0. The van der Waals surface area contributed by atoms with Gasteiger partial charge in [0, 0.05) is 12.3 Å². The number of rotatable bonds is 2. The first-order chi connectivity index (χ1) is 7.57. The fourth-order valence-corrected chi connectivity index (χ4v) is 3.24. The Morgan fingerprint density at radius 2 is 2.12 bits per heavy atom. The zero-order valence-corrected chi connectivity index (χ0v) is 10.6. The second kappa shape index (κ2) is 4.63. The summed E-state index contributed by atoms with van der Waals surface area (Å²) in [5.41, 5.74) is 0. The summed E-state index contributed by atoms with van der Waals surface area (Å²) < 4.78 is 12.0. The zero-order valence-electron chi connectivity index (χ0n) is 10.6. The van der Waals surface area contributed by atoms with Crippen molar-refractivity contribution in [3.63, 3.8) is 0 Å². The van der Waals surface area contributed by atoms with E-state index in [9.17, 15) is 0 Å². The fourth-order valence-electron chi connectivity index (χ4n) is 3.24. The summed E-state index contributed by atoms with van der Waals surface area (Å²) in [6, 6.07) is 0. The van der Waals surface area contributed by atoms with Gasteiger partial charge in [-0.2, -0.15) is 0 Å². The third kappa shape index (κ3) is 2.13. The predicted molar refractivity (Wildman–Crippen MR) is 62.0 cm³/mol. The Morgan fingerprint density at radius 1 is 1.38 bits per heavy atom. The molecule has 1 saturated carbocycles. The second-order valence-electron chi connectivity index (χ2n) is 5.78. The molecule has 4 atom stereocenters. The first-order valence-electron chi connectivity index (χ1n) is 6.50. The standard InChI is InChI=1S/C13H24O3/c1-9(2)12-5-4-10(3)6-13(12)15-8-11(7-14)16-13/h9-12,14H,4-8H2,1-3H3/t10-,11+,12+,13+/m1/s1. The highest BCUT2D eigenvalue weighted by atomic mass is 16.7. The molecule has 1 spiro atoms. The van der Waals surface area contributed by atoms with E-state index >= 15 is 0 Å². The number of aliphatic hydroxyl groups is 1.